The van der Waals surface area contributed by atoms with E-state index in [2.05, 4.69) is 6.92 Å². The van der Waals surface area contributed by atoms with E-state index in [4.69, 9.17) is 17.0 Å². The van der Waals surface area contributed by atoms with Gasteiger partial charge < -0.3 is 4.74 Å². The molecule has 0 bridgehead atoms. The number of unbranched alkanes of at least 4 members (excludes halogenated alkanes) is 1. The minimum atomic E-state index is 0.00440. The van der Waals surface area contributed by atoms with Crippen LogP contribution in [0.5, 0.6) is 5.75 Å². The molecule has 0 saturated carbocycles. The summed E-state index contributed by atoms with van der Waals surface area (Å²) in [5.74, 6) is 0.795. The third-order valence-corrected chi connectivity index (χ3v) is 4.49. The van der Waals surface area contributed by atoms with Gasteiger partial charge in [-0.1, -0.05) is 55.5 Å². The monoisotopic (exact) mass is 321 g/mol. The average Bonchev–Trinajstić information content (AvgIpc) is 2.74. The first-order valence-corrected chi connectivity index (χ1v) is 8.37. The van der Waals surface area contributed by atoms with Gasteiger partial charge in [-0.3, -0.25) is 9.69 Å². The number of rotatable bonds is 6. The van der Waals surface area contributed by atoms with Crippen molar-refractivity contribution in [3.63, 3.8) is 0 Å². The summed E-state index contributed by atoms with van der Waals surface area (Å²) in [4.78, 5) is 14.8. The predicted molar refractivity (Wildman–Crippen MR) is 92.4 cm³/mol. The van der Waals surface area contributed by atoms with E-state index >= 15 is 0 Å². The van der Waals surface area contributed by atoms with E-state index < -0.39 is 0 Å². The van der Waals surface area contributed by atoms with Crippen molar-refractivity contribution in [2.75, 3.05) is 13.2 Å². The van der Waals surface area contributed by atoms with Crippen LogP contribution in [0.3, 0.4) is 0 Å². The fraction of sp³-hybridized carbons (Fsp3) is 0.375. The molecule has 0 N–H and O–H groups in total. The first-order chi connectivity index (χ1) is 10.2. The van der Waals surface area contributed by atoms with Crippen LogP contribution in [0, 0.1) is 0 Å². The van der Waals surface area contributed by atoms with E-state index in [9.17, 15) is 4.79 Å². The van der Waals surface area contributed by atoms with Crippen molar-refractivity contribution in [3.05, 3.63) is 34.7 Å². The Labute approximate surface area is 135 Å². The summed E-state index contributed by atoms with van der Waals surface area (Å²) < 4.78 is 6.24. The minimum Gasteiger partial charge on any atom is -0.493 e. The molecule has 0 aliphatic carbocycles. The molecule has 1 fully saturated rings. The number of carbonyl (C=O) groups excluding carboxylic acids is 1. The second kappa shape index (κ2) is 7.61. The first kappa shape index (κ1) is 16.0. The summed E-state index contributed by atoms with van der Waals surface area (Å²) in [5, 5.41) is 0. The molecule has 0 aromatic heterocycles. The molecule has 1 aliphatic rings. The van der Waals surface area contributed by atoms with E-state index in [1.165, 1.54) is 11.8 Å². The lowest BCUT2D eigenvalue weighted by Crippen LogP contribution is -2.28. The molecule has 0 radical (unpaired) electrons. The molecule has 0 atom stereocenters. The number of nitrogens with zero attached hydrogens (tertiary/aromatic N) is 1. The second-order valence-corrected chi connectivity index (χ2v) is 6.33. The first-order valence-electron chi connectivity index (χ1n) is 7.14. The number of thioether (sulfide) groups is 1. The average molecular weight is 321 g/mol. The van der Waals surface area contributed by atoms with Gasteiger partial charge in [0, 0.05) is 12.1 Å². The smallest absolute Gasteiger partial charge is 0.266 e. The lowest BCUT2D eigenvalue weighted by Gasteiger charge is -2.13. The number of para-hydroxylation sites is 1. The maximum atomic E-state index is 12.4. The molecule has 1 aliphatic heterocycles. The van der Waals surface area contributed by atoms with Crippen molar-refractivity contribution in [3.8, 4) is 5.75 Å². The van der Waals surface area contributed by atoms with Crippen LogP contribution in [0.4, 0.5) is 0 Å². The van der Waals surface area contributed by atoms with Gasteiger partial charge in [0.15, 0.2) is 0 Å². The molecular weight excluding hydrogens is 302 g/mol. The Morgan fingerprint density at radius 1 is 1.33 bits per heavy atom. The van der Waals surface area contributed by atoms with Crippen molar-refractivity contribution in [2.45, 2.75) is 26.7 Å². The number of hydrogen-bond acceptors (Lipinski definition) is 4. The molecule has 1 aromatic carbocycles. The van der Waals surface area contributed by atoms with Gasteiger partial charge in [0.2, 0.25) is 0 Å². The highest BCUT2D eigenvalue weighted by Crippen LogP contribution is 2.34. The maximum Gasteiger partial charge on any atom is 0.266 e. The third-order valence-electron chi connectivity index (χ3n) is 3.11. The third kappa shape index (κ3) is 3.86. The van der Waals surface area contributed by atoms with Crippen molar-refractivity contribution >= 4 is 40.3 Å². The summed E-state index contributed by atoms with van der Waals surface area (Å²) in [6.07, 6.45) is 3.88. The molecule has 1 heterocycles. The van der Waals surface area contributed by atoms with Crippen molar-refractivity contribution in [2.24, 2.45) is 0 Å². The zero-order valence-electron chi connectivity index (χ0n) is 12.3. The molecule has 1 aromatic rings. The van der Waals surface area contributed by atoms with Crippen LogP contribution in [0.1, 0.15) is 32.3 Å². The van der Waals surface area contributed by atoms with E-state index in [0.29, 0.717) is 22.4 Å². The lowest BCUT2D eigenvalue weighted by molar-refractivity contribution is -0.122. The van der Waals surface area contributed by atoms with Gasteiger partial charge in [0.1, 0.15) is 10.1 Å². The summed E-state index contributed by atoms with van der Waals surface area (Å²) in [6, 6.07) is 7.72. The standard InChI is InChI=1S/C16H19NO2S2/c1-3-5-10-17-15(18)14(21-16(17)20)11-12-8-6-7-9-13(12)19-4-2/h6-9,11H,3-5,10H2,1-2H3/b14-11+. The largest absolute Gasteiger partial charge is 0.493 e. The van der Waals surface area contributed by atoms with Gasteiger partial charge in [-0.25, -0.2) is 0 Å². The summed E-state index contributed by atoms with van der Waals surface area (Å²) in [6.45, 7) is 5.35. The highest BCUT2D eigenvalue weighted by Gasteiger charge is 2.31. The van der Waals surface area contributed by atoms with E-state index in [1.54, 1.807) is 4.90 Å². The Morgan fingerprint density at radius 2 is 2.10 bits per heavy atom. The summed E-state index contributed by atoms with van der Waals surface area (Å²) in [5.41, 5.74) is 0.912. The van der Waals surface area contributed by atoms with Gasteiger partial charge in [0.25, 0.3) is 5.91 Å². The molecule has 0 unspecified atom stereocenters. The lowest BCUT2D eigenvalue weighted by atomic mass is 10.2. The van der Waals surface area contributed by atoms with Crippen LogP contribution < -0.4 is 4.74 Å². The Bertz CT molecular complexity index is 569. The normalized spacial score (nSPS) is 16.9. The van der Waals surface area contributed by atoms with Gasteiger partial charge in [0.05, 0.1) is 11.5 Å². The van der Waals surface area contributed by atoms with Gasteiger partial charge in [-0.15, -0.1) is 0 Å². The van der Waals surface area contributed by atoms with Crippen molar-refractivity contribution in [1.82, 2.24) is 4.90 Å². The Balaban J connectivity index is 2.22. The quantitative estimate of drug-likeness (QED) is 0.583. The number of benzene rings is 1. The van der Waals surface area contributed by atoms with Crippen LogP contribution in [0.2, 0.25) is 0 Å². The summed E-state index contributed by atoms with van der Waals surface area (Å²) in [7, 11) is 0. The van der Waals surface area contributed by atoms with Crippen LogP contribution in [-0.2, 0) is 4.79 Å². The van der Waals surface area contributed by atoms with Crippen LogP contribution in [0.15, 0.2) is 29.2 Å². The van der Waals surface area contributed by atoms with E-state index in [0.717, 1.165) is 24.2 Å². The van der Waals surface area contributed by atoms with Gasteiger partial charge in [-0.05, 0) is 25.5 Å². The number of thiocarbonyl (C=S) groups is 1. The number of amides is 1. The van der Waals surface area contributed by atoms with Crippen LogP contribution in [-0.4, -0.2) is 28.3 Å². The van der Waals surface area contributed by atoms with Crippen molar-refractivity contribution in [1.29, 1.82) is 0 Å². The molecule has 0 spiro atoms. The molecule has 21 heavy (non-hydrogen) atoms. The van der Waals surface area contributed by atoms with Crippen LogP contribution >= 0.6 is 24.0 Å². The molecule has 1 amide bonds. The minimum absolute atomic E-state index is 0.00440. The number of ether oxygens (including phenoxy) is 1. The molecule has 5 heteroatoms. The Morgan fingerprint density at radius 3 is 2.81 bits per heavy atom. The summed E-state index contributed by atoms with van der Waals surface area (Å²) >= 11 is 6.67. The maximum absolute atomic E-state index is 12.4. The molecule has 2 rings (SSSR count). The van der Waals surface area contributed by atoms with E-state index in [1.807, 2.05) is 37.3 Å². The molecule has 1 saturated heterocycles. The van der Waals surface area contributed by atoms with E-state index in [-0.39, 0.29) is 5.91 Å². The highest BCUT2D eigenvalue weighted by atomic mass is 32.2. The number of carbonyl (C=O) groups is 1. The fourth-order valence-electron chi connectivity index (χ4n) is 2.04. The molecule has 3 nitrogen and oxygen atoms in total. The molecular formula is C16H19NO2S2. The topological polar surface area (TPSA) is 29.5 Å². The van der Waals surface area contributed by atoms with Gasteiger partial charge in [-0.2, -0.15) is 0 Å². The molecule has 112 valence electrons. The SMILES string of the molecule is CCCCN1C(=O)/C(=C\c2ccccc2OCC)SC1=S. The van der Waals surface area contributed by atoms with Gasteiger partial charge >= 0.3 is 0 Å². The number of hydrogen-bond donors (Lipinski definition) is 0. The zero-order chi connectivity index (χ0) is 15.2. The Hall–Kier alpha value is -1.33. The zero-order valence-corrected chi connectivity index (χ0v) is 13.9. The predicted octanol–water partition coefficient (Wildman–Crippen LogP) is 4.09. The Kier molecular flexibility index (Phi) is 5.82. The van der Waals surface area contributed by atoms with Crippen LogP contribution in [0.25, 0.3) is 6.08 Å². The second-order valence-electron chi connectivity index (χ2n) is 4.66. The highest BCUT2D eigenvalue weighted by molar-refractivity contribution is 8.26. The van der Waals surface area contributed by atoms with Crippen molar-refractivity contribution < 1.29 is 9.53 Å². The fourth-order valence-corrected chi connectivity index (χ4v) is 3.34.